The topological polar surface area (TPSA) is 149 Å². The van der Waals surface area contributed by atoms with Gasteiger partial charge in [-0.2, -0.15) is 0 Å². The number of fused-ring (bicyclic) bond motifs is 1. The molecule has 31 heavy (non-hydrogen) atoms. The van der Waals surface area contributed by atoms with Gasteiger partial charge in [-0.05, 0) is 45.2 Å². The van der Waals surface area contributed by atoms with Gasteiger partial charge in [-0.15, -0.1) is 0 Å². The number of aromatic amines is 1. The van der Waals surface area contributed by atoms with Crippen LogP contribution in [0.3, 0.4) is 0 Å². The number of aryl methyl sites for hydroxylation is 3. The highest BCUT2D eigenvalue weighted by molar-refractivity contribution is 5.88. The molecule has 2 heterocycles. The van der Waals surface area contributed by atoms with Crippen molar-refractivity contribution in [2.24, 2.45) is 0 Å². The molecule has 6 N–H and O–H groups in total. The van der Waals surface area contributed by atoms with Crippen LogP contribution in [0, 0.1) is 13.8 Å². The van der Waals surface area contributed by atoms with Crippen LogP contribution in [0.1, 0.15) is 64.0 Å². The second-order valence-corrected chi connectivity index (χ2v) is 6.31. The lowest BCUT2D eigenvalue weighted by Crippen LogP contribution is -2.30. The summed E-state index contributed by atoms with van der Waals surface area (Å²) in [5.41, 5.74) is 10.1. The van der Waals surface area contributed by atoms with Crippen LogP contribution in [0.25, 0.3) is 11.0 Å². The van der Waals surface area contributed by atoms with Crippen LogP contribution in [-0.2, 0) is 11.2 Å². The second kappa shape index (κ2) is 19.7. The maximum atomic E-state index is 9.02. The highest BCUT2D eigenvalue weighted by Gasteiger charge is 2.13. The Kier molecular flexibility index (Phi) is 19.7. The molecule has 0 bridgehead atoms. The maximum Gasteiger partial charge on any atom is 0.290 e. The first-order chi connectivity index (χ1) is 15.0. The number of aromatic nitrogens is 3. The van der Waals surface area contributed by atoms with Gasteiger partial charge in [0, 0.05) is 18.8 Å². The minimum atomic E-state index is -0.250. The third-order valence-corrected chi connectivity index (χ3v) is 4.33. The van der Waals surface area contributed by atoms with Crippen molar-refractivity contribution in [3.8, 4) is 0 Å². The second-order valence-electron chi connectivity index (χ2n) is 6.31. The standard InChI is InChI=1S/C17H29N5O2.2C2H6.CH2O2/c1-12-14(15-16(19-12)17(18)21-13(2)20-15)6-4-3-5-7-22(8-10-23)9-11-24;2*1-2;2-1-3/h19,23-24H,3-11H2,1-2H3,(H2,18,20,21);2*1-2H3;1H,(H,2,3). The fraction of sp³-hybridized carbons (Fsp3) is 0.682. The first-order valence-electron chi connectivity index (χ1n) is 11.1. The van der Waals surface area contributed by atoms with Gasteiger partial charge in [0.05, 0.1) is 18.7 Å². The van der Waals surface area contributed by atoms with E-state index in [-0.39, 0.29) is 19.7 Å². The Labute approximate surface area is 186 Å². The summed E-state index contributed by atoms with van der Waals surface area (Å²) in [4.78, 5) is 22.5. The van der Waals surface area contributed by atoms with Crippen LogP contribution in [0.15, 0.2) is 0 Å². The van der Waals surface area contributed by atoms with Crippen LogP contribution >= 0.6 is 0 Å². The quantitative estimate of drug-likeness (QED) is 0.279. The molecule has 0 atom stereocenters. The fourth-order valence-electron chi connectivity index (χ4n) is 3.11. The van der Waals surface area contributed by atoms with Gasteiger partial charge in [0.15, 0.2) is 5.82 Å². The number of hydrogen-bond acceptors (Lipinski definition) is 7. The first kappa shape index (κ1) is 31.0. The van der Waals surface area contributed by atoms with E-state index in [9.17, 15) is 0 Å². The number of aliphatic hydroxyl groups is 2. The molecule has 0 aliphatic heterocycles. The largest absolute Gasteiger partial charge is 0.483 e. The number of unbranched alkanes of at least 4 members (excludes halogenated alkanes) is 2. The van der Waals surface area contributed by atoms with Crippen molar-refractivity contribution in [2.75, 3.05) is 38.6 Å². The van der Waals surface area contributed by atoms with Crippen molar-refractivity contribution in [1.29, 1.82) is 0 Å². The normalized spacial score (nSPS) is 9.84. The number of hydrogen-bond donors (Lipinski definition) is 5. The number of carboxylic acid groups (broad SMARTS) is 1. The monoisotopic (exact) mass is 441 g/mol. The molecule has 0 saturated heterocycles. The van der Waals surface area contributed by atoms with E-state index in [4.69, 9.17) is 25.8 Å². The smallest absolute Gasteiger partial charge is 0.290 e. The fourth-order valence-corrected chi connectivity index (χ4v) is 3.11. The third kappa shape index (κ3) is 11.7. The van der Waals surface area contributed by atoms with Crippen molar-refractivity contribution < 1.29 is 20.1 Å². The lowest BCUT2D eigenvalue weighted by molar-refractivity contribution is -0.122. The molecule has 180 valence electrons. The van der Waals surface area contributed by atoms with Crippen LogP contribution < -0.4 is 5.73 Å². The molecule has 2 rings (SSSR count). The van der Waals surface area contributed by atoms with Crippen LogP contribution in [-0.4, -0.2) is 74.5 Å². The average Bonchev–Trinajstić information content (AvgIpc) is 3.07. The van der Waals surface area contributed by atoms with Crippen LogP contribution in [0.4, 0.5) is 5.82 Å². The van der Waals surface area contributed by atoms with Gasteiger partial charge in [-0.1, -0.05) is 34.1 Å². The zero-order valence-electron chi connectivity index (χ0n) is 20.1. The van der Waals surface area contributed by atoms with E-state index in [2.05, 4.69) is 26.8 Å². The van der Waals surface area contributed by atoms with Crippen molar-refractivity contribution in [3.05, 3.63) is 17.1 Å². The van der Waals surface area contributed by atoms with E-state index in [0.29, 0.717) is 24.7 Å². The predicted octanol–water partition coefficient (Wildman–Crippen LogP) is 2.91. The number of nitrogen functional groups attached to an aromatic ring is 1. The summed E-state index contributed by atoms with van der Waals surface area (Å²) in [7, 11) is 0. The molecule has 0 fully saturated rings. The van der Waals surface area contributed by atoms with E-state index < -0.39 is 0 Å². The van der Waals surface area contributed by atoms with Gasteiger partial charge in [0.25, 0.3) is 6.47 Å². The van der Waals surface area contributed by atoms with Crippen molar-refractivity contribution in [2.45, 2.75) is 67.2 Å². The van der Waals surface area contributed by atoms with Gasteiger partial charge in [-0.3, -0.25) is 9.69 Å². The summed E-state index contributed by atoms with van der Waals surface area (Å²) in [6.07, 6.45) is 4.18. The molecular formula is C22H43N5O4. The Bertz CT molecular complexity index is 701. The number of H-pyrrole nitrogens is 1. The highest BCUT2D eigenvalue weighted by Crippen LogP contribution is 2.25. The Balaban J connectivity index is 0. The molecule has 0 aromatic carbocycles. The number of aliphatic hydroxyl groups excluding tert-OH is 2. The SMILES string of the molecule is CC.CC.Cc1nc(N)c2[nH]c(C)c(CCCCCN(CCO)CCO)c2n1.O=CO. The van der Waals surface area contributed by atoms with E-state index in [1.54, 1.807) is 0 Å². The van der Waals surface area contributed by atoms with Crippen molar-refractivity contribution >= 4 is 23.3 Å². The summed E-state index contributed by atoms with van der Waals surface area (Å²) in [6.45, 7) is 14.1. The average molecular weight is 442 g/mol. The summed E-state index contributed by atoms with van der Waals surface area (Å²) in [5.74, 6) is 1.21. The molecule has 0 unspecified atom stereocenters. The molecular weight excluding hydrogens is 398 g/mol. The number of rotatable bonds is 10. The number of nitrogens with zero attached hydrogens (tertiary/aromatic N) is 3. The van der Waals surface area contributed by atoms with E-state index in [1.807, 2.05) is 34.6 Å². The Morgan fingerprint density at radius 3 is 2.03 bits per heavy atom. The van der Waals surface area contributed by atoms with Gasteiger partial charge in [0.2, 0.25) is 0 Å². The molecule has 2 aromatic rings. The highest BCUT2D eigenvalue weighted by atomic mass is 16.3. The molecule has 2 aromatic heterocycles. The van der Waals surface area contributed by atoms with Crippen molar-refractivity contribution in [3.63, 3.8) is 0 Å². The van der Waals surface area contributed by atoms with Gasteiger partial charge in [0.1, 0.15) is 11.3 Å². The number of carbonyl (C=O) groups is 1. The molecule has 0 aliphatic rings. The molecule has 0 saturated carbocycles. The number of anilines is 1. The summed E-state index contributed by atoms with van der Waals surface area (Å²) in [6, 6.07) is 0. The van der Waals surface area contributed by atoms with Crippen LogP contribution in [0.2, 0.25) is 0 Å². The lowest BCUT2D eigenvalue weighted by Gasteiger charge is -2.19. The van der Waals surface area contributed by atoms with Crippen molar-refractivity contribution in [1.82, 2.24) is 19.9 Å². The van der Waals surface area contributed by atoms with E-state index in [0.717, 1.165) is 49.0 Å². The molecule has 9 nitrogen and oxygen atoms in total. The Hall–Kier alpha value is -2.23. The molecule has 0 amide bonds. The Morgan fingerprint density at radius 2 is 1.52 bits per heavy atom. The molecule has 9 heteroatoms. The number of nitrogens with one attached hydrogen (secondary N) is 1. The zero-order chi connectivity index (χ0) is 24.2. The molecule has 0 radical (unpaired) electrons. The molecule has 0 aliphatic carbocycles. The lowest BCUT2D eigenvalue weighted by atomic mass is 10.1. The minimum absolute atomic E-state index is 0.134. The summed E-state index contributed by atoms with van der Waals surface area (Å²) < 4.78 is 0. The minimum Gasteiger partial charge on any atom is -0.483 e. The zero-order valence-corrected chi connectivity index (χ0v) is 20.1. The van der Waals surface area contributed by atoms with Gasteiger partial charge in [-0.25, -0.2) is 9.97 Å². The third-order valence-electron chi connectivity index (χ3n) is 4.33. The Morgan fingerprint density at radius 1 is 0.968 bits per heavy atom. The number of nitrogens with two attached hydrogens (primary N) is 1. The van der Waals surface area contributed by atoms with E-state index in [1.165, 1.54) is 5.56 Å². The van der Waals surface area contributed by atoms with Gasteiger partial charge < -0.3 is 26.0 Å². The van der Waals surface area contributed by atoms with E-state index >= 15 is 0 Å². The maximum absolute atomic E-state index is 9.02. The summed E-state index contributed by atoms with van der Waals surface area (Å²) >= 11 is 0. The van der Waals surface area contributed by atoms with Crippen LogP contribution in [0.5, 0.6) is 0 Å². The van der Waals surface area contributed by atoms with Gasteiger partial charge >= 0.3 is 0 Å². The predicted molar refractivity (Wildman–Crippen MR) is 127 cm³/mol. The summed E-state index contributed by atoms with van der Waals surface area (Å²) in [5, 5.41) is 24.9. The molecule has 0 spiro atoms. The first-order valence-corrected chi connectivity index (χ1v) is 11.1.